The van der Waals surface area contributed by atoms with E-state index in [2.05, 4.69) is 102 Å². The Bertz CT molecular complexity index is 1520. The molecule has 7 nitrogen and oxygen atoms in total. The molecule has 2 atom stereocenters. The molecule has 3 aliphatic heterocycles. The Kier molecular flexibility index (Phi) is 5.40. The second kappa shape index (κ2) is 8.54. The molecule has 0 aromatic carbocycles. The summed E-state index contributed by atoms with van der Waals surface area (Å²) in [4.78, 5) is 21.2. The summed E-state index contributed by atoms with van der Waals surface area (Å²) < 4.78 is 0. The van der Waals surface area contributed by atoms with Gasteiger partial charge in [-0.1, -0.05) is 57.2 Å². The van der Waals surface area contributed by atoms with Crippen molar-refractivity contribution in [2.75, 3.05) is 0 Å². The van der Waals surface area contributed by atoms with Crippen LogP contribution in [0.3, 0.4) is 0 Å². The molecule has 0 saturated carbocycles. The number of aromatic amines is 3. The zero-order chi connectivity index (χ0) is 25.7. The number of rotatable bonds is 4. The molecule has 0 saturated heterocycles. The highest BCUT2D eigenvalue weighted by atomic mass is 15.2. The number of aromatic nitrogens is 4. The van der Waals surface area contributed by atoms with Gasteiger partial charge in [-0.2, -0.15) is 5.10 Å². The highest BCUT2D eigenvalue weighted by Gasteiger charge is 2.29. The van der Waals surface area contributed by atoms with E-state index in [1.165, 1.54) is 11.3 Å². The first-order chi connectivity index (χ1) is 17.7. The summed E-state index contributed by atoms with van der Waals surface area (Å²) in [6.45, 7) is 8.68. The van der Waals surface area contributed by atoms with Gasteiger partial charge in [0.15, 0.2) is 5.82 Å². The number of allylic oxidation sites excluding steroid dienone is 3. The van der Waals surface area contributed by atoms with Crippen LogP contribution in [0.1, 0.15) is 61.3 Å². The van der Waals surface area contributed by atoms with Gasteiger partial charge in [-0.15, -0.1) is 0 Å². The van der Waals surface area contributed by atoms with Crippen LogP contribution >= 0.6 is 0 Å². The number of H-pyrrole nitrogens is 3. The van der Waals surface area contributed by atoms with E-state index in [4.69, 9.17) is 9.98 Å². The Morgan fingerprint density at radius 2 is 1.73 bits per heavy atom. The third-order valence-corrected chi connectivity index (χ3v) is 7.44. The van der Waals surface area contributed by atoms with E-state index in [1.807, 2.05) is 24.8 Å². The minimum Gasteiger partial charge on any atom is -0.364 e. The third kappa shape index (κ3) is 4.61. The number of fused-ring (bicyclic) bond motifs is 3. The molecule has 3 aromatic rings. The Hall–Kier alpha value is -4.00. The standard InChI is InChI=1S/C30H33N7/c1-28(2)11-7-23-25(36-37-27(23)33-18-28)15-29(3)12-8-22-21(16-32-26(22)34-19-29)14-30(4)10-5-6-24-20(17-35-30)9-13-31-24/h5,7-13,16-19,31-32H,6,14-15H2,1-4H3,(H,36,37)/b10-5-,35-17-. The van der Waals surface area contributed by atoms with E-state index in [1.54, 1.807) is 0 Å². The molecule has 0 amide bonds. The average Bonchev–Trinajstić information content (AvgIpc) is 3.50. The van der Waals surface area contributed by atoms with Gasteiger partial charge in [0.05, 0.1) is 11.2 Å². The van der Waals surface area contributed by atoms with E-state index in [-0.39, 0.29) is 16.4 Å². The van der Waals surface area contributed by atoms with Crippen molar-refractivity contribution in [3.05, 3.63) is 76.4 Å². The molecule has 7 heteroatoms. The molecular weight excluding hydrogens is 458 g/mol. The molecule has 37 heavy (non-hydrogen) atoms. The van der Waals surface area contributed by atoms with Crippen LogP contribution in [-0.2, 0) is 19.3 Å². The molecule has 2 unspecified atom stereocenters. The van der Waals surface area contributed by atoms with E-state index < -0.39 is 0 Å². The highest BCUT2D eigenvalue weighted by Crippen LogP contribution is 2.37. The minimum absolute atomic E-state index is 0.0832. The van der Waals surface area contributed by atoms with Crippen LogP contribution in [0.15, 0.2) is 57.7 Å². The lowest BCUT2D eigenvalue weighted by Gasteiger charge is -2.22. The van der Waals surface area contributed by atoms with Gasteiger partial charge in [-0.25, -0.2) is 9.98 Å². The molecule has 0 fully saturated rings. The average molecular weight is 492 g/mol. The molecule has 0 radical (unpaired) electrons. The van der Waals surface area contributed by atoms with Crippen molar-refractivity contribution >= 4 is 42.4 Å². The first-order valence-corrected chi connectivity index (χ1v) is 12.9. The van der Waals surface area contributed by atoms with Crippen molar-refractivity contribution in [1.29, 1.82) is 0 Å². The van der Waals surface area contributed by atoms with Gasteiger partial charge in [-0.05, 0) is 18.6 Å². The second-order valence-corrected chi connectivity index (χ2v) is 11.5. The summed E-state index contributed by atoms with van der Waals surface area (Å²) in [7, 11) is 0. The van der Waals surface area contributed by atoms with Gasteiger partial charge >= 0.3 is 0 Å². The van der Waals surface area contributed by atoms with Crippen molar-refractivity contribution in [1.82, 2.24) is 20.2 Å². The lowest BCUT2D eigenvalue weighted by atomic mass is 9.84. The monoisotopic (exact) mass is 491 g/mol. The Morgan fingerprint density at radius 3 is 2.62 bits per heavy atom. The lowest BCUT2D eigenvalue weighted by molar-refractivity contribution is 0.585. The van der Waals surface area contributed by atoms with Crippen LogP contribution in [0.2, 0.25) is 0 Å². The molecule has 3 N–H and O–H groups in total. The summed E-state index contributed by atoms with van der Waals surface area (Å²) >= 11 is 0. The van der Waals surface area contributed by atoms with Gasteiger partial charge in [0, 0.05) is 83.5 Å². The molecule has 188 valence electrons. The lowest BCUT2D eigenvalue weighted by Crippen LogP contribution is -2.23. The van der Waals surface area contributed by atoms with Crippen LogP contribution in [0.25, 0.3) is 12.2 Å². The summed E-state index contributed by atoms with van der Waals surface area (Å²) in [5, 5.41) is 7.72. The van der Waals surface area contributed by atoms with Crippen LogP contribution in [-0.4, -0.2) is 44.3 Å². The van der Waals surface area contributed by atoms with Crippen LogP contribution in [0, 0.1) is 10.8 Å². The maximum absolute atomic E-state index is 4.98. The molecular formula is C30H33N7. The maximum Gasteiger partial charge on any atom is 0.155 e. The topological polar surface area (TPSA) is 97.3 Å². The summed E-state index contributed by atoms with van der Waals surface area (Å²) in [5.41, 5.74) is 6.05. The molecule has 3 aliphatic rings. The van der Waals surface area contributed by atoms with Crippen molar-refractivity contribution in [3.63, 3.8) is 0 Å². The predicted octanol–water partition coefficient (Wildman–Crippen LogP) is 6.33. The van der Waals surface area contributed by atoms with E-state index in [9.17, 15) is 0 Å². The first-order valence-electron chi connectivity index (χ1n) is 12.9. The van der Waals surface area contributed by atoms with Crippen LogP contribution in [0.4, 0.5) is 11.6 Å². The molecule has 0 bridgehead atoms. The summed E-state index contributed by atoms with van der Waals surface area (Å²) in [6, 6.07) is 2.08. The Morgan fingerprint density at radius 1 is 0.892 bits per heavy atom. The van der Waals surface area contributed by atoms with Gasteiger partial charge in [0.25, 0.3) is 0 Å². The predicted molar refractivity (Wildman–Crippen MR) is 153 cm³/mol. The van der Waals surface area contributed by atoms with Crippen molar-refractivity contribution in [2.45, 2.75) is 52.5 Å². The second-order valence-electron chi connectivity index (χ2n) is 11.5. The van der Waals surface area contributed by atoms with E-state index in [0.717, 1.165) is 53.3 Å². The van der Waals surface area contributed by atoms with Crippen molar-refractivity contribution in [3.8, 4) is 0 Å². The Labute approximate surface area is 217 Å². The van der Waals surface area contributed by atoms with Gasteiger partial charge in [0.1, 0.15) is 5.82 Å². The minimum atomic E-state index is -0.328. The van der Waals surface area contributed by atoms with Gasteiger partial charge < -0.3 is 9.97 Å². The fraction of sp³-hybridized carbons (Fsp3) is 0.333. The maximum atomic E-state index is 4.98. The molecule has 0 spiro atoms. The number of aliphatic imine (C=N–C) groups is 3. The molecule has 0 aliphatic carbocycles. The smallest absolute Gasteiger partial charge is 0.155 e. The zero-order valence-electron chi connectivity index (χ0n) is 21.8. The largest absolute Gasteiger partial charge is 0.364 e. The van der Waals surface area contributed by atoms with Crippen molar-refractivity contribution in [2.24, 2.45) is 25.8 Å². The first kappa shape index (κ1) is 23.4. The Balaban J connectivity index is 1.25. The van der Waals surface area contributed by atoms with Gasteiger partial charge in [0.2, 0.25) is 0 Å². The van der Waals surface area contributed by atoms with E-state index >= 15 is 0 Å². The van der Waals surface area contributed by atoms with Gasteiger partial charge in [-0.3, -0.25) is 10.1 Å². The fourth-order valence-electron chi connectivity index (χ4n) is 5.15. The zero-order valence-corrected chi connectivity index (χ0v) is 21.8. The molecule has 3 aromatic heterocycles. The highest BCUT2D eigenvalue weighted by molar-refractivity contribution is 5.83. The summed E-state index contributed by atoms with van der Waals surface area (Å²) in [5.74, 6) is 1.70. The fourth-order valence-corrected chi connectivity index (χ4v) is 5.15. The SMILES string of the molecule is CC1(C)C=Cc2c(CC3(C)C=Cc4c(CC5(C)/C=C\Cc6[nH]ccc6/C=N\5)c[nH]c4N=C3)n[nH]c2N=C1. The number of nitrogens with zero attached hydrogens (tertiary/aromatic N) is 4. The molecule has 6 rings (SSSR count). The van der Waals surface area contributed by atoms with Crippen molar-refractivity contribution < 1.29 is 0 Å². The number of hydrogen-bond donors (Lipinski definition) is 3. The molecule has 6 heterocycles. The quantitative estimate of drug-likeness (QED) is 0.365. The number of hydrogen-bond acceptors (Lipinski definition) is 4. The van der Waals surface area contributed by atoms with E-state index in [0.29, 0.717) is 0 Å². The summed E-state index contributed by atoms with van der Waals surface area (Å²) in [6.07, 6.45) is 25.7. The third-order valence-electron chi connectivity index (χ3n) is 7.44. The van der Waals surface area contributed by atoms with Crippen LogP contribution < -0.4 is 0 Å². The van der Waals surface area contributed by atoms with Crippen LogP contribution in [0.5, 0.6) is 0 Å². The number of nitrogens with one attached hydrogen (secondary N) is 3. The normalized spacial score (nSPS) is 26.9.